The van der Waals surface area contributed by atoms with Crippen molar-refractivity contribution >= 4 is 11.9 Å². The number of amides is 1. The van der Waals surface area contributed by atoms with Crippen molar-refractivity contribution in [3.63, 3.8) is 0 Å². The monoisotopic (exact) mass is 307 g/mol. The number of hydrogen-bond acceptors (Lipinski definition) is 4. The number of carboxylic acids is 1. The van der Waals surface area contributed by atoms with Crippen LogP contribution in [0.2, 0.25) is 0 Å². The molecule has 0 saturated carbocycles. The second-order valence-corrected chi connectivity index (χ2v) is 5.59. The van der Waals surface area contributed by atoms with E-state index in [4.69, 9.17) is 14.6 Å². The van der Waals surface area contributed by atoms with Crippen LogP contribution in [-0.4, -0.2) is 36.7 Å². The summed E-state index contributed by atoms with van der Waals surface area (Å²) < 4.78 is 10.5. The maximum Gasteiger partial charge on any atom is 0.303 e. The van der Waals surface area contributed by atoms with Crippen LogP contribution in [0.4, 0.5) is 0 Å². The van der Waals surface area contributed by atoms with Gasteiger partial charge in [0.25, 0.3) is 0 Å². The van der Waals surface area contributed by atoms with Gasteiger partial charge in [0.1, 0.15) is 0 Å². The summed E-state index contributed by atoms with van der Waals surface area (Å²) in [5.41, 5.74) is 0.486. The van der Waals surface area contributed by atoms with Crippen molar-refractivity contribution in [2.45, 2.75) is 37.6 Å². The molecule has 2 rings (SSSR count). The van der Waals surface area contributed by atoms with Crippen molar-refractivity contribution in [3.05, 3.63) is 23.8 Å². The molecule has 6 heteroatoms. The summed E-state index contributed by atoms with van der Waals surface area (Å²) in [4.78, 5) is 22.5. The van der Waals surface area contributed by atoms with E-state index in [2.05, 4.69) is 5.32 Å². The van der Waals surface area contributed by atoms with E-state index in [1.54, 1.807) is 14.2 Å². The number of hydrogen-bond donors (Lipinski definition) is 2. The molecule has 1 heterocycles. The number of carboxylic acid groups (broad SMARTS) is 1. The lowest BCUT2D eigenvalue weighted by atomic mass is 9.85. The number of rotatable bonds is 7. The van der Waals surface area contributed by atoms with E-state index in [0.717, 1.165) is 5.56 Å². The fourth-order valence-electron chi connectivity index (χ4n) is 2.91. The zero-order valence-electron chi connectivity index (χ0n) is 12.8. The van der Waals surface area contributed by atoms with Gasteiger partial charge >= 0.3 is 5.97 Å². The van der Waals surface area contributed by atoms with Crippen molar-refractivity contribution in [2.24, 2.45) is 0 Å². The number of aliphatic carboxylic acids is 1. The average Bonchev–Trinajstić information content (AvgIpc) is 2.86. The number of ether oxygens (including phenoxy) is 2. The van der Waals surface area contributed by atoms with E-state index in [0.29, 0.717) is 37.2 Å². The quantitative estimate of drug-likeness (QED) is 0.802. The van der Waals surface area contributed by atoms with E-state index in [1.807, 2.05) is 18.2 Å². The SMILES string of the molecule is COc1ccc(C[C@]2(CCC(=O)O)CCC(=O)N2)cc1OC. The van der Waals surface area contributed by atoms with Gasteiger partial charge in [-0.3, -0.25) is 9.59 Å². The zero-order valence-corrected chi connectivity index (χ0v) is 12.8. The largest absolute Gasteiger partial charge is 0.493 e. The predicted molar refractivity (Wildman–Crippen MR) is 80.2 cm³/mol. The number of carbonyl (C=O) groups excluding carboxylic acids is 1. The molecule has 1 aliphatic heterocycles. The number of carbonyl (C=O) groups is 2. The minimum Gasteiger partial charge on any atom is -0.493 e. The highest BCUT2D eigenvalue weighted by Crippen LogP contribution is 2.33. The van der Waals surface area contributed by atoms with Crippen LogP contribution in [0.15, 0.2) is 18.2 Å². The van der Waals surface area contributed by atoms with Gasteiger partial charge in [-0.25, -0.2) is 0 Å². The van der Waals surface area contributed by atoms with Gasteiger partial charge in [0, 0.05) is 18.4 Å². The Morgan fingerprint density at radius 3 is 2.59 bits per heavy atom. The second-order valence-electron chi connectivity index (χ2n) is 5.59. The lowest BCUT2D eigenvalue weighted by molar-refractivity contribution is -0.137. The maximum absolute atomic E-state index is 11.6. The van der Waals surface area contributed by atoms with E-state index in [1.165, 1.54) is 0 Å². The summed E-state index contributed by atoms with van der Waals surface area (Å²) in [5.74, 6) is 0.387. The van der Waals surface area contributed by atoms with Crippen LogP contribution in [0.3, 0.4) is 0 Å². The molecule has 1 aliphatic rings. The molecular formula is C16H21NO5. The molecule has 0 aromatic heterocycles. The van der Waals surface area contributed by atoms with Gasteiger partial charge in [-0.2, -0.15) is 0 Å². The molecule has 0 aliphatic carbocycles. The molecule has 1 aromatic carbocycles. The Morgan fingerprint density at radius 1 is 1.32 bits per heavy atom. The van der Waals surface area contributed by atoms with E-state index < -0.39 is 11.5 Å². The highest BCUT2D eigenvalue weighted by Gasteiger charge is 2.38. The van der Waals surface area contributed by atoms with Crippen molar-refractivity contribution in [3.8, 4) is 11.5 Å². The van der Waals surface area contributed by atoms with Crippen molar-refractivity contribution in [2.75, 3.05) is 14.2 Å². The normalized spacial score (nSPS) is 20.5. The van der Waals surface area contributed by atoms with Gasteiger partial charge < -0.3 is 19.9 Å². The molecule has 1 fully saturated rings. The molecule has 0 radical (unpaired) electrons. The van der Waals surface area contributed by atoms with Crippen LogP contribution in [0.5, 0.6) is 11.5 Å². The summed E-state index contributed by atoms with van der Waals surface area (Å²) in [6.07, 6.45) is 2.11. The molecule has 0 bridgehead atoms. The van der Waals surface area contributed by atoms with Crippen molar-refractivity contribution in [1.29, 1.82) is 0 Å². The van der Waals surface area contributed by atoms with Crippen LogP contribution in [0.1, 0.15) is 31.2 Å². The van der Waals surface area contributed by atoms with Crippen LogP contribution < -0.4 is 14.8 Å². The Labute approximate surface area is 129 Å². The Bertz CT molecular complexity index is 572. The van der Waals surface area contributed by atoms with Crippen LogP contribution in [-0.2, 0) is 16.0 Å². The smallest absolute Gasteiger partial charge is 0.303 e. The molecular weight excluding hydrogens is 286 g/mol. The Balaban J connectivity index is 2.20. The molecule has 0 unspecified atom stereocenters. The average molecular weight is 307 g/mol. The molecule has 6 nitrogen and oxygen atoms in total. The summed E-state index contributed by atoms with van der Waals surface area (Å²) in [6.45, 7) is 0. The number of methoxy groups -OCH3 is 2. The zero-order chi connectivity index (χ0) is 16.2. The molecule has 1 atom stereocenters. The first-order valence-electron chi connectivity index (χ1n) is 7.22. The molecule has 1 saturated heterocycles. The molecule has 120 valence electrons. The summed E-state index contributed by atoms with van der Waals surface area (Å²) in [7, 11) is 3.14. The molecule has 0 spiro atoms. The molecule has 22 heavy (non-hydrogen) atoms. The minimum atomic E-state index is -0.854. The predicted octanol–water partition coefficient (Wildman–Crippen LogP) is 1.76. The third-order valence-electron chi connectivity index (χ3n) is 4.04. The highest BCUT2D eigenvalue weighted by molar-refractivity contribution is 5.79. The Morgan fingerprint density at radius 2 is 2.05 bits per heavy atom. The third kappa shape index (κ3) is 3.69. The van der Waals surface area contributed by atoms with Gasteiger partial charge in [0.2, 0.25) is 5.91 Å². The van der Waals surface area contributed by atoms with Crippen LogP contribution >= 0.6 is 0 Å². The number of benzene rings is 1. The van der Waals surface area contributed by atoms with Gasteiger partial charge in [-0.05, 0) is 37.0 Å². The van der Waals surface area contributed by atoms with Crippen LogP contribution in [0, 0.1) is 0 Å². The topological polar surface area (TPSA) is 84.9 Å². The summed E-state index contributed by atoms with van der Waals surface area (Å²) in [6, 6.07) is 5.59. The molecule has 1 aromatic rings. The summed E-state index contributed by atoms with van der Waals surface area (Å²) >= 11 is 0. The maximum atomic E-state index is 11.6. The Hall–Kier alpha value is -2.24. The van der Waals surface area contributed by atoms with E-state index in [9.17, 15) is 9.59 Å². The first kappa shape index (κ1) is 16.1. The van der Waals surface area contributed by atoms with E-state index >= 15 is 0 Å². The lowest BCUT2D eigenvalue weighted by Crippen LogP contribution is -2.44. The van der Waals surface area contributed by atoms with E-state index in [-0.39, 0.29) is 12.3 Å². The summed E-state index contributed by atoms with van der Waals surface area (Å²) in [5, 5.41) is 11.9. The second kappa shape index (κ2) is 6.68. The van der Waals surface area contributed by atoms with Gasteiger partial charge in [-0.1, -0.05) is 6.07 Å². The minimum absolute atomic E-state index is 0.0223. The lowest BCUT2D eigenvalue weighted by Gasteiger charge is -2.29. The van der Waals surface area contributed by atoms with Gasteiger partial charge in [0.05, 0.1) is 14.2 Å². The Kier molecular flexibility index (Phi) is 4.90. The highest BCUT2D eigenvalue weighted by atomic mass is 16.5. The van der Waals surface area contributed by atoms with Crippen molar-refractivity contribution in [1.82, 2.24) is 5.32 Å². The standard InChI is InChI=1S/C16H21NO5/c1-21-12-4-3-11(9-13(12)22-2)10-16(8-6-15(19)20)7-5-14(18)17-16/h3-4,9H,5-8,10H2,1-2H3,(H,17,18)(H,19,20)/t16-/m1/s1. The number of nitrogens with one attached hydrogen (secondary N) is 1. The van der Waals surface area contributed by atoms with Gasteiger partial charge in [-0.15, -0.1) is 0 Å². The molecule has 1 amide bonds. The molecule has 2 N–H and O–H groups in total. The first-order valence-corrected chi connectivity index (χ1v) is 7.22. The first-order chi connectivity index (χ1) is 10.5. The third-order valence-corrected chi connectivity index (χ3v) is 4.04. The van der Waals surface area contributed by atoms with Gasteiger partial charge in [0.15, 0.2) is 11.5 Å². The van der Waals surface area contributed by atoms with Crippen molar-refractivity contribution < 1.29 is 24.2 Å². The van der Waals surface area contributed by atoms with Crippen LogP contribution in [0.25, 0.3) is 0 Å². The fourth-order valence-corrected chi connectivity index (χ4v) is 2.91. The fraction of sp³-hybridized carbons (Fsp3) is 0.500.